The number of carbonyl (C=O) groups excluding carboxylic acids is 2. The zero-order valence-corrected chi connectivity index (χ0v) is 23.1. The molecular formula is C31H32N8O3. The molecule has 0 saturated heterocycles. The first-order valence-corrected chi connectivity index (χ1v) is 14.0. The van der Waals surface area contributed by atoms with Crippen molar-refractivity contribution in [3.8, 4) is 17.3 Å². The Labute approximate surface area is 243 Å². The molecular weight excluding hydrogens is 532 g/mol. The molecule has 3 heterocycles. The van der Waals surface area contributed by atoms with Crippen LogP contribution < -0.4 is 16.4 Å². The van der Waals surface area contributed by atoms with Gasteiger partial charge in [-0.3, -0.25) is 14.7 Å². The highest BCUT2D eigenvalue weighted by Gasteiger charge is 2.17. The van der Waals surface area contributed by atoms with Crippen molar-refractivity contribution in [1.29, 1.82) is 5.26 Å². The third kappa shape index (κ3) is 6.97. The Hall–Kier alpha value is -5.08. The van der Waals surface area contributed by atoms with E-state index in [0.29, 0.717) is 71.5 Å². The number of nitrogen functional groups attached to an aromatic ring is 1. The summed E-state index contributed by atoms with van der Waals surface area (Å²) in [4.78, 5) is 33.1. The summed E-state index contributed by atoms with van der Waals surface area (Å²) in [5, 5.41) is 23.1. The highest BCUT2D eigenvalue weighted by atomic mass is 16.5. The Kier molecular flexibility index (Phi) is 9.16. The van der Waals surface area contributed by atoms with E-state index in [2.05, 4.69) is 30.8 Å². The second kappa shape index (κ2) is 13.5. The number of pyridine rings is 2. The number of nitrogens with two attached hydrogens (primary N) is 1. The van der Waals surface area contributed by atoms with Crippen molar-refractivity contribution in [2.45, 2.75) is 44.6 Å². The van der Waals surface area contributed by atoms with E-state index in [-0.39, 0.29) is 11.8 Å². The van der Waals surface area contributed by atoms with E-state index < -0.39 is 0 Å². The minimum Gasteiger partial charge on any atom is -0.383 e. The van der Waals surface area contributed by atoms with Crippen LogP contribution in [0.3, 0.4) is 0 Å². The lowest BCUT2D eigenvalue weighted by atomic mass is 10.0. The molecule has 11 nitrogen and oxygen atoms in total. The van der Waals surface area contributed by atoms with Crippen molar-refractivity contribution >= 4 is 40.4 Å². The number of aromatic amines is 1. The Bertz CT molecular complexity index is 1630. The van der Waals surface area contributed by atoms with Crippen LogP contribution in [0.5, 0.6) is 0 Å². The smallest absolute Gasteiger partial charge is 0.256 e. The summed E-state index contributed by atoms with van der Waals surface area (Å²) in [5.74, 6) is 0.356. The van der Waals surface area contributed by atoms with Crippen LogP contribution in [0.25, 0.3) is 28.2 Å². The maximum Gasteiger partial charge on any atom is 0.256 e. The number of hydrogen-bond donors (Lipinski definition) is 4. The molecule has 5 N–H and O–H groups in total. The zero-order valence-electron chi connectivity index (χ0n) is 23.1. The van der Waals surface area contributed by atoms with Gasteiger partial charge in [0, 0.05) is 41.5 Å². The number of fused-ring (bicyclic) bond motifs is 1. The van der Waals surface area contributed by atoms with E-state index in [1.54, 1.807) is 36.5 Å². The topological polar surface area (TPSA) is 172 Å². The number of nitrogens with one attached hydrogen (secondary N) is 3. The number of amides is 2. The Balaban J connectivity index is 1.17. The molecule has 0 bridgehead atoms. The van der Waals surface area contributed by atoms with Crippen LogP contribution >= 0.6 is 0 Å². The van der Waals surface area contributed by atoms with E-state index in [1.807, 2.05) is 18.2 Å². The van der Waals surface area contributed by atoms with Crippen LogP contribution in [0.2, 0.25) is 0 Å². The van der Waals surface area contributed by atoms with Gasteiger partial charge in [-0.1, -0.05) is 37.1 Å². The second-order valence-electron chi connectivity index (χ2n) is 10.1. The van der Waals surface area contributed by atoms with Gasteiger partial charge >= 0.3 is 0 Å². The number of hydrogen-bond acceptors (Lipinski definition) is 8. The first-order chi connectivity index (χ1) is 20.5. The van der Waals surface area contributed by atoms with Crippen molar-refractivity contribution in [3.05, 3.63) is 71.6 Å². The number of ether oxygens (including phenoxy) is 1. The quantitative estimate of drug-likeness (QED) is 0.191. The van der Waals surface area contributed by atoms with Gasteiger partial charge in [0.05, 0.1) is 35.9 Å². The fraction of sp³-hybridized carbons (Fsp3) is 0.290. The minimum absolute atomic E-state index is 0.0552. The number of anilines is 2. The van der Waals surface area contributed by atoms with E-state index in [1.165, 1.54) is 25.1 Å². The molecule has 0 spiro atoms. The highest BCUT2D eigenvalue weighted by Crippen LogP contribution is 2.32. The molecule has 0 unspecified atom stereocenters. The highest BCUT2D eigenvalue weighted by molar-refractivity contribution is 6.05. The summed E-state index contributed by atoms with van der Waals surface area (Å²) in [6, 6.07) is 12.4. The molecule has 0 atom stereocenters. The third-order valence-corrected chi connectivity index (χ3v) is 7.13. The minimum atomic E-state index is -0.344. The molecule has 1 saturated carbocycles. The van der Waals surface area contributed by atoms with Crippen LogP contribution in [-0.4, -0.2) is 51.2 Å². The molecule has 42 heavy (non-hydrogen) atoms. The number of carbonyl (C=O) groups is 2. The lowest BCUT2D eigenvalue weighted by molar-refractivity contribution is -0.122. The van der Waals surface area contributed by atoms with Crippen molar-refractivity contribution < 1.29 is 14.3 Å². The van der Waals surface area contributed by atoms with E-state index >= 15 is 0 Å². The van der Waals surface area contributed by atoms with Crippen molar-refractivity contribution in [3.63, 3.8) is 0 Å². The number of rotatable bonds is 11. The molecule has 214 valence electrons. The van der Waals surface area contributed by atoms with Gasteiger partial charge in [0.1, 0.15) is 17.2 Å². The lowest BCUT2D eigenvalue weighted by Gasteiger charge is -2.11. The van der Waals surface area contributed by atoms with Gasteiger partial charge < -0.3 is 21.1 Å². The summed E-state index contributed by atoms with van der Waals surface area (Å²) in [7, 11) is 0. The van der Waals surface area contributed by atoms with Crippen LogP contribution in [0.4, 0.5) is 11.6 Å². The zero-order chi connectivity index (χ0) is 29.3. The Morgan fingerprint density at radius 2 is 1.95 bits per heavy atom. The monoisotopic (exact) mass is 564 g/mol. The molecule has 1 aromatic carbocycles. The van der Waals surface area contributed by atoms with Gasteiger partial charge in [0.15, 0.2) is 0 Å². The summed E-state index contributed by atoms with van der Waals surface area (Å²) >= 11 is 0. The first kappa shape index (κ1) is 28.4. The third-order valence-electron chi connectivity index (χ3n) is 7.13. The van der Waals surface area contributed by atoms with Crippen LogP contribution in [-0.2, 0) is 9.53 Å². The van der Waals surface area contributed by atoms with Gasteiger partial charge in [-0.15, -0.1) is 0 Å². The molecule has 0 radical (unpaired) electrons. The predicted octanol–water partition coefficient (Wildman–Crippen LogP) is 4.59. The first-order valence-electron chi connectivity index (χ1n) is 14.0. The van der Waals surface area contributed by atoms with Crippen LogP contribution in [0, 0.1) is 11.3 Å². The molecule has 1 fully saturated rings. The average molecular weight is 565 g/mol. The van der Waals surface area contributed by atoms with Crippen LogP contribution in [0.1, 0.15) is 60.0 Å². The van der Waals surface area contributed by atoms with Crippen molar-refractivity contribution in [1.82, 2.24) is 25.5 Å². The number of nitrogens with zero attached hydrogens (tertiary/aromatic N) is 4. The molecule has 3 aromatic heterocycles. The summed E-state index contributed by atoms with van der Waals surface area (Å²) in [6.07, 6.45) is 12.6. The Morgan fingerprint density at radius 3 is 2.74 bits per heavy atom. The second-order valence-corrected chi connectivity index (χ2v) is 10.1. The van der Waals surface area contributed by atoms with Gasteiger partial charge in [0.2, 0.25) is 5.91 Å². The fourth-order valence-electron chi connectivity index (χ4n) is 4.94. The number of H-pyrrole nitrogens is 1. The lowest BCUT2D eigenvalue weighted by Crippen LogP contribution is -2.33. The molecule has 4 aromatic rings. The molecule has 1 aliphatic rings. The van der Waals surface area contributed by atoms with Crippen molar-refractivity contribution in [2.75, 3.05) is 24.3 Å². The predicted molar refractivity (Wildman–Crippen MR) is 160 cm³/mol. The number of aromatic nitrogens is 4. The van der Waals surface area contributed by atoms with Crippen molar-refractivity contribution in [2.24, 2.45) is 0 Å². The molecule has 0 aliphatic heterocycles. The normalized spacial score (nSPS) is 13.4. The molecule has 2 amide bonds. The standard InChI is InChI=1S/C31H32N8O3/c32-18-20-12-14-34-25(17-20)37-31(41)22-10-8-21(9-11-22)28-27-29(39-38-28)23(19-35-30(27)33)5-3-4-15-42-16-13-26(40)36-24-6-1-2-7-24/h3,5,8-12,14,17,19,24H,1-2,4,6-7,13,15-16H2,(H2,33,35)(H,36,40)(H,38,39)(H,34,37,41)/b5-3+. The molecule has 11 heteroatoms. The number of benzene rings is 1. The summed E-state index contributed by atoms with van der Waals surface area (Å²) in [6.45, 7) is 0.902. The number of nitriles is 1. The maximum atomic E-state index is 12.7. The fourth-order valence-corrected chi connectivity index (χ4v) is 4.94. The maximum absolute atomic E-state index is 12.7. The average Bonchev–Trinajstić information content (AvgIpc) is 3.69. The van der Waals surface area contributed by atoms with E-state index in [0.717, 1.165) is 24.0 Å². The van der Waals surface area contributed by atoms with E-state index in [9.17, 15) is 9.59 Å². The summed E-state index contributed by atoms with van der Waals surface area (Å²) in [5.41, 5.74) is 10.1. The van der Waals surface area contributed by atoms with Gasteiger partial charge in [-0.05, 0) is 43.5 Å². The summed E-state index contributed by atoms with van der Waals surface area (Å²) < 4.78 is 5.63. The van der Waals surface area contributed by atoms with Gasteiger partial charge in [0.25, 0.3) is 5.91 Å². The SMILES string of the molecule is N#Cc1ccnc(NC(=O)c2ccc(-c3[nH]nc4c(/C=C/CCOCCC(=O)NC5CCCC5)cnc(N)c34)cc2)c1. The van der Waals surface area contributed by atoms with Crippen LogP contribution in [0.15, 0.2) is 54.9 Å². The largest absolute Gasteiger partial charge is 0.383 e. The molecule has 5 rings (SSSR count). The van der Waals surface area contributed by atoms with Gasteiger partial charge in [-0.25, -0.2) is 9.97 Å². The van der Waals surface area contributed by atoms with Gasteiger partial charge in [-0.2, -0.15) is 10.4 Å². The van der Waals surface area contributed by atoms with E-state index in [4.69, 9.17) is 15.7 Å². The Morgan fingerprint density at radius 1 is 1.14 bits per heavy atom. The molecule has 1 aliphatic carbocycles.